The number of hydrogen-bond donors (Lipinski definition) is 3. The van der Waals surface area contributed by atoms with E-state index in [-0.39, 0.29) is 24.7 Å². The van der Waals surface area contributed by atoms with Crippen LogP contribution in [-0.4, -0.2) is 83.0 Å². The Morgan fingerprint density at radius 3 is 1.80 bits per heavy atom. The number of aromatic nitrogens is 1. The number of carbonyl (C=O) groups is 4. The number of alkyl halides is 3. The fraction of sp³-hybridized carbons (Fsp3) is 0.566. The highest BCUT2D eigenvalue weighted by molar-refractivity contribution is 5.88. The maximum absolute atomic E-state index is 11.4. The second-order valence-electron chi connectivity index (χ2n) is 16.1. The Bertz CT molecular complexity index is 1750. The lowest BCUT2D eigenvalue weighted by atomic mass is 9.88. The fourth-order valence-electron chi connectivity index (χ4n) is 5.77. The van der Waals surface area contributed by atoms with Gasteiger partial charge in [0.25, 0.3) is 0 Å². The van der Waals surface area contributed by atoms with E-state index in [1.165, 1.54) is 43.4 Å². The van der Waals surface area contributed by atoms with Crippen LogP contribution < -0.4 is 20.1 Å². The summed E-state index contributed by atoms with van der Waals surface area (Å²) in [4.78, 5) is 43.8. The first kappa shape index (κ1) is 67.7. The Morgan fingerprint density at radius 2 is 1.50 bits per heavy atom. The third-order valence-electron chi connectivity index (χ3n) is 9.59. The lowest BCUT2D eigenvalue weighted by Gasteiger charge is -2.16. The Kier molecular flexibility index (Phi) is 43.8. The maximum atomic E-state index is 11.4. The number of nitrogens with zero attached hydrogens (tertiary/aromatic N) is 1. The molecule has 1 aliphatic rings. The Labute approximate surface area is 396 Å². The molecule has 13 heteroatoms. The van der Waals surface area contributed by atoms with Gasteiger partial charge in [0.05, 0.1) is 37.9 Å². The van der Waals surface area contributed by atoms with Crippen LogP contribution in [0.1, 0.15) is 130 Å². The summed E-state index contributed by atoms with van der Waals surface area (Å²) in [6, 6.07) is 16.3. The first-order valence-corrected chi connectivity index (χ1v) is 22.8. The lowest BCUT2D eigenvalue weighted by molar-refractivity contribution is -0.170. The number of benzene rings is 2. The smallest absolute Gasteiger partial charge is 0.391 e. The van der Waals surface area contributed by atoms with E-state index in [1.807, 2.05) is 52.1 Å². The van der Waals surface area contributed by atoms with Gasteiger partial charge in [0.2, 0.25) is 0 Å². The largest absolute Gasteiger partial charge is 0.497 e. The zero-order valence-corrected chi connectivity index (χ0v) is 43.0. The molecule has 0 aliphatic heterocycles. The number of carboxylic acids is 1. The number of allylic oxidation sites excluding steroid dienone is 4. The molecule has 3 N–H and O–H groups in total. The molecule has 0 bridgehead atoms. The van der Waals surface area contributed by atoms with Crippen molar-refractivity contribution in [3.8, 4) is 11.5 Å². The van der Waals surface area contributed by atoms with Gasteiger partial charge in [0, 0.05) is 29.9 Å². The molecule has 0 amide bonds. The van der Waals surface area contributed by atoms with Gasteiger partial charge in [-0.1, -0.05) is 121 Å². The number of aliphatic carboxylic acids is 1. The number of aldehydes is 1. The Balaban J connectivity index is -0.000000365. The summed E-state index contributed by atoms with van der Waals surface area (Å²) in [7, 11) is 8.70. The summed E-state index contributed by atoms with van der Waals surface area (Å²) in [5.74, 6) is 1.35. The van der Waals surface area contributed by atoms with Crippen LogP contribution in [0.5, 0.6) is 11.5 Å². The van der Waals surface area contributed by atoms with Gasteiger partial charge in [0.15, 0.2) is 0 Å². The minimum Gasteiger partial charge on any atom is -0.497 e. The number of methoxy groups -OCH3 is 2. The van der Waals surface area contributed by atoms with E-state index in [0.29, 0.717) is 12.3 Å². The number of halogens is 3. The number of pyridine rings is 1. The summed E-state index contributed by atoms with van der Waals surface area (Å²) in [5, 5.41) is 14.1. The Morgan fingerprint density at radius 1 is 0.909 bits per heavy atom. The summed E-state index contributed by atoms with van der Waals surface area (Å²) >= 11 is 0. The number of Topliss-reactive ketones (excluding diaryl/α,β-unsaturated/α-hetero) is 1. The standard InChI is InChI=1S/C17H17NO2.C11H20O2.C8H10.C6H14.C5H9F3.C3H7NO2.C2H7N.CH2O/c1-19-13-8-9-14-16(10-13)18-15(11-17(14)20-2)12-6-4-3-5-7-12;1-4-10(6-9(3)13)7-11(5-2)8-12;1-7-4-3-5-8(2)6-7;1-4-5-6(2)3;1-3-4(2)5(6,7)8;1-4-2-3(5)6;1-3-2;1-2/h3-4,6,8-11H,5,7H2,1-2H3;8,10-11H,4-7H2,1-3H3;3-6H,1-2H3;6H,4-5H2,1-3H3;4H,3H2,1-2H3;4H,2H2,1H3,(H,5,6);3H,1-2H3;1H2. The zero-order chi connectivity index (χ0) is 51.7. The van der Waals surface area contributed by atoms with Crippen LogP contribution >= 0.6 is 0 Å². The van der Waals surface area contributed by atoms with Crippen molar-refractivity contribution >= 4 is 41.3 Å². The molecular weight excluding hydrogens is 848 g/mol. The lowest BCUT2D eigenvalue weighted by Crippen LogP contribution is -2.18. The highest BCUT2D eigenvalue weighted by atomic mass is 19.4. The van der Waals surface area contributed by atoms with Gasteiger partial charge < -0.3 is 39.6 Å². The van der Waals surface area contributed by atoms with Crippen LogP contribution in [0.25, 0.3) is 16.5 Å². The molecule has 0 saturated carbocycles. The minimum absolute atomic E-state index is 0.0417. The Hall–Kier alpha value is -4.88. The molecule has 0 fully saturated rings. The molecule has 376 valence electrons. The molecule has 3 unspecified atom stereocenters. The van der Waals surface area contributed by atoms with Crippen molar-refractivity contribution in [2.24, 2.45) is 23.7 Å². The molecule has 1 aromatic heterocycles. The number of carbonyl (C=O) groups excluding carboxylic acids is 3. The van der Waals surface area contributed by atoms with Crippen molar-refractivity contribution in [1.29, 1.82) is 0 Å². The fourth-order valence-corrected chi connectivity index (χ4v) is 5.77. The van der Waals surface area contributed by atoms with Gasteiger partial charge in [0.1, 0.15) is 30.4 Å². The first-order chi connectivity index (χ1) is 31.2. The van der Waals surface area contributed by atoms with Gasteiger partial charge in [-0.3, -0.25) is 4.79 Å². The molecule has 3 aromatic rings. The summed E-state index contributed by atoms with van der Waals surface area (Å²) in [6.07, 6.45) is 11.7. The number of likely N-dealkylation sites (N-methyl/N-ethyl adjacent to an activating group) is 1. The van der Waals surface area contributed by atoms with Gasteiger partial charge in [-0.25, -0.2) is 4.98 Å². The second kappa shape index (κ2) is 42.7. The van der Waals surface area contributed by atoms with E-state index in [4.69, 9.17) is 24.4 Å². The van der Waals surface area contributed by atoms with Crippen LogP contribution in [-0.2, 0) is 19.2 Å². The van der Waals surface area contributed by atoms with Gasteiger partial charge in [-0.05, 0) is 104 Å². The number of ether oxygens (including phenoxy) is 2. The summed E-state index contributed by atoms with van der Waals surface area (Å²) in [6.45, 7) is 21.4. The first-order valence-electron chi connectivity index (χ1n) is 22.8. The van der Waals surface area contributed by atoms with Crippen LogP contribution in [0.3, 0.4) is 0 Å². The summed E-state index contributed by atoms with van der Waals surface area (Å²) in [5.41, 5.74) is 5.80. The van der Waals surface area contributed by atoms with E-state index >= 15 is 0 Å². The van der Waals surface area contributed by atoms with E-state index in [9.17, 15) is 27.6 Å². The molecule has 10 nitrogen and oxygen atoms in total. The van der Waals surface area contributed by atoms with Crippen molar-refractivity contribution in [2.75, 3.05) is 41.9 Å². The maximum Gasteiger partial charge on any atom is 0.391 e. The topological polar surface area (TPSA) is 144 Å². The van der Waals surface area contributed by atoms with Gasteiger partial charge in [-0.15, -0.1) is 0 Å². The van der Waals surface area contributed by atoms with Crippen LogP contribution in [0, 0.1) is 37.5 Å². The molecule has 0 radical (unpaired) electrons. The molecule has 1 heterocycles. The quantitative estimate of drug-likeness (QED) is 0.126. The van der Waals surface area contributed by atoms with Crippen molar-refractivity contribution in [3.63, 3.8) is 0 Å². The van der Waals surface area contributed by atoms with Gasteiger partial charge >= 0.3 is 12.1 Å². The number of carboxylic acid groups (broad SMARTS) is 1. The molecule has 0 spiro atoms. The average Bonchev–Trinajstić information content (AvgIpc) is 3.28. The SMILES string of the molecule is C=O.CCC(C)C(F)(F)F.CCC(C=O)CC(CC)CC(C)=O.CCCC(C)C.CNC.CNCC(=O)O.COc1ccc2c(OC)cc(C3=CC=CCC3)nc2c1.Cc1cccc(C)c1. The van der Waals surface area contributed by atoms with Crippen molar-refractivity contribution in [3.05, 3.63) is 83.6 Å². The highest BCUT2D eigenvalue weighted by Crippen LogP contribution is 2.32. The van der Waals surface area contributed by atoms with Crippen molar-refractivity contribution in [1.82, 2.24) is 15.6 Å². The second-order valence-corrected chi connectivity index (χ2v) is 16.1. The van der Waals surface area contributed by atoms with E-state index in [1.54, 1.807) is 28.2 Å². The zero-order valence-electron chi connectivity index (χ0n) is 43.0. The monoisotopic (exact) mass is 934 g/mol. The molecule has 2 aromatic carbocycles. The van der Waals surface area contributed by atoms with Gasteiger partial charge in [-0.2, -0.15) is 13.2 Å². The van der Waals surface area contributed by atoms with Crippen LogP contribution in [0.15, 0.2) is 66.8 Å². The average molecular weight is 934 g/mol. The van der Waals surface area contributed by atoms with E-state index < -0.39 is 18.1 Å². The molecular formula is C53H86F3N3O7. The third kappa shape index (κ3) is 36.4. The number of fused-ring (bicyclic) bond motifs is 1. The minimum atomic E-state index is -3.99. The van der Waals surface area contributed by atoms with E-state index in [0.717, 1.165) is 72.4 Å². The summed E-state index contributed by atoms with van der Waals surface area (Å²) < 4.78 is 45.1. The third-order valence-corrected chi connectivity index (χ3v) is 9.59. The molecule has 3 atom stereocenters. The highest BCUT2D eigenvalue weighted by Gasteiger charge is 2.34. The number of aryl methyl sites for hydroxylation is 2. The predicted molar refractivity (Wildman–Crippen MR) is 270 cm³/mol. The number of ketones is 1. The number of hydrogen-bond acceptors (Lipinski definition) is 9. The molecule has 1 aliphatic carbocycles. The predicted octanol–water partition coefficient (Wildman–Crippen LogP) is 12.9. The number of nitrogens with one attached hydrogen (secondary N) is 2. The van der Waals surface area contributed by atoms with E-state index in [2.05, 4.69) is 94.7 Å². The van der Waals surface area contributed by atoms with Crippen molar-refractivity contribution in [2.45, 2.75) is 133 Å². The molecule has 0 saturated heterocycles. The number of rotatable bonds is 15. The molecule has 4 rings (SSSR count). The molecule has 66 heavy (non-hydrogen) atoms. The van der Waals surface area contributed by atoms with Crippen molar-refractivity contribution < 1.29 is 46.9 Å². The van der Waals surface area contributed by atoms with Crippen LogP contribution in [0.4, 0.5) is 13.2 Å². The normalized spacial score (nSPS) is 12.3. The van der Waals surface area contributed by atoms with Crippen LogP contribution in [0.2, 0.25) is 0 Å².